The molecule has 0 aromatic rings. The molecule has 2 amide bonds. The Morgan fingerprint density at radius 1 is 1.58 bits per heavy atom. The zero-order valence-corrected chi connectivity index (χ0v) is 6.69. The minimum Gasteiger partial charge on any atom is -0.391 e. The second-order valence-corrected chi connectivity index (χ2v) is 2.93. The van der Waals surface area contributed by atoms with Gasteiger partial charge in [0.1, 0.15) is 6.42 Å². The van der Waals surface area contributed by atoms with Crippen LogP contribution in [0.4, 0.5) is 0 Å². The summed E-state index contributed by atoms with van der Waals surface area (Å²) >= 11 is 0. The van der Waals surface area contributed by atoms with Gasteiger partial charge in [-0.1, -0.05) is 0 Å². The number of aliphatic hydroxyl groups excluding tert-OH is 1. The van der Waals surface area contributed by atoms with Gasteiger partial charge in [-0.2, -0.15) is 0 Å². The molecule has 0 aromatic heterocycles. The number of carbonyl (C=O) groups excluding carboxylic acids is 2. The van der Waals surface area contributed by atoms with Crippen molar-refractivity contribution in [3.05, 3.63) is 0 Å². The predicted octanol–water partition coefficient (Wildman–Crippen LogP) is -1.54. The molecule has 68 valence electrons. The molecule has 1 atom stereocenters. The van der Waals surface area contributed by atoms with Crippen LogP contribution in [0.1, 0.15) is 12.8 Å². The van der Waals surface area contributed by atoms with E-state index in [0.29, 0.717) is 19.5 Å². The maximum Gasteiger partial charge on any atom is 0.232 e. The molecule has 5 nitrogen and oxygen atoms in total. The first-order valence-electron chi connectivity index (χ1n) is 3.83. The van der Waals surface area contributed by atoms with Crippen molar-refractivity contribution in [3.8, 4) is 0 Å². The van der Waals surface area contributed by atoms with Crippen molar-refractivity contribution >= 4 is 11.8 Å². The second-order valence-electron chi connectivity index (χ2n) is 2.93. The SMILES string of the molecule is NC(=O)CC(=O)N1CC[C@@H](O)C1. The van der Waals surface area contributed by atoms with E-state index in [0.717, 1.165) is 0 Å². The second kappa shape index (κ2) is 3.53. The number of nitrogens with two attached hydrogens (primary N) is 1. The molecule has 0 aliphatic carbocycles. The van der Waals surface area contributed by atoms with E-state index in [1.54, 1.807) is 0 Å². The fraction of sp³-hybridized carbons (Fsp3) is 0.714. The number of nitrogens with zero attached hydrogens (tertiary/aromatic N) is 1. The topological polar surface area (TPSA) is 83.6 Å². The Kier molecular flexibility index (Phi) is 2.65. The first-order chi connectivity index (χ1) is 5.59. The van der Waals surface area contributed by atoms with Crippen LogP contribution in [-0.2, 0) is 9.59 Å². The monoisotopic (exact) mass is 172 g/mol. The van der Waals surface area contributed by atoms with Crippen LogP contribution < -0.4 is 5.73 Å². The summed E-state index contributed by atoms with van der Waals surface area (Å²) < 4.78 is 0. The number of likely N-dealkylation sites (tertiary alicyclic amines) is 1. The van der Waals surface area contributed by atoms with Gasteiger partial charge in [0, 0.05) is 13.1 Å². The molecule has 1 aliphatic rings. The molecule has 0 radical (unpaired) electrons. The summed E-state index contributed by atoms with van der Waals surface area (Å²) in [5.74, 6) is -0.916. The summed E-state index contributed by atoms with van der Waals surface area (Å²) in [5.41, 5.74) is 4.85. The van der Waals surface area contributed by atoms with Crippen LogP contribution in [0.5, 0.6) is 0 Å². The largest absolute Gasteiger partial charge is 0.391 e. The van der Waals surface area contributed by atoms with Crippen molar-refractivity contribution in [2.75, 3.05) is 13.1 Å². The number of hydrogen-bond donors (Lipinski definition) is 2. The Morgan fingerprint density at radius 2 is 2.25 bits per heavy atom. The van der Waals surface area contributed by atoms with Crippen molar-refractivity contribution in [2.24, 2.45) is 5.73 Å². The van der Waals surface area contributed by atoms with Crippen LogP contribution in [0.15, 0.2) is 0 Å². The maximum atomic E-state index is 11.1. The Labute approximate surface area is 70.1 Å². The quantitative estimate of drug-likeness (QED) is 0.495. The molecular weight excluding hydrogens is 160 g/mol. The fourth-order valence-electron chi connectivity index (χ4n) is 1.23. The van der Waals surface area contributed by atoms with E-state index in [1.165, 1.54) is 4.90 Å². The van der Waals surface area contributed by atoms with E-state index in [-0.39, 0.29) is 12.3 Å². The van der Waals surface area contributed by atoms with Crippen LogP contribution in [0.2, 0.25) is 0 Å². The molecule has 0 aromatic carbocycles. The minimum atomic E-state index is -0.624. The summed E-state index contributed by atoms with van der Waals surface area (Å²) in [5, 5.41) is 9.07. The van der Waals surface area contributed by atoms with Crippen LogP contribution in [0.3, 0.4) is 0 Å². The van der Waals surface area contributed by atoms with Gasteiger partial charge in [-0.25, -0.2) is 0 Å². The molecule has 0 saturated carbocycles. The van der Waals surface area contributed by atoms with Crippen molar-refractivity contribution in [1.29, 1.82) is 0 Å². The third kappa shape index (κ3) is 2.20. The molecule has 3 N–H and O–H groups in total. The standard InChI is InChI=1S/C7H12N2O3/c8-6(11)3-7(12)9-2-1-5(10)4-9/h5,10H,1-4H2,(H2,8,11)/t5-/m1/s1. The zero-order valence-electron chi connectivity index (χ0n) is 6.69. The summed E-state index contributed by atoms with van der Waals surface area (Å²) in [6, 6.07) is 0. The van der Waals surface area contributed by atoms with Gasteiger partial charge in [0.2, 0.25) is 11.8 Å². The molecule has 0 unspecified atom stereocenters. The third-order valence-corrected chi connectivity index (χ3v) is 1.84. The molecule has 1 aliphatic heterocycles. The van der Waals surface area contributed by atoms with E-state index >= 15 is 0 Å². The van der Waals surface area contributed by atoms with Crippen molar-refractivity contribution in [3.63, 3.8) is 0 Å². The van der Waals surface area contributed by atoms with Crippen molar-refractivity contribution < 1.29 is 14.7 Å². The van der Waals surface area contributed by atoms with Gasteiger partial charge in [0.25, 0.3) is 0 Å². The smallest absolute Gasteiger partial charge is 0.232 e. The maximum absolute atomic E-state index is 11.1. The lowest BCUT2D eigenvalue weighted by Crippen LogP contribution is -2.32. The lowest BCUT2D eigenvalue weighted by atomic mass is 10.3. The van der Waals surface area contributed by atoms with E-state index < -0.39 is 12.0 Å². The van der Waals surface area contributed by atoms with Gasteiger partial charge in [-0.3, -0.25) is 9.59 Å². The van der Waals surface area contributed by atoms with Gasteiger partial charge in [-0.05, 0) is 6.42 Å². The predicted molar refractivity (Wildman–Crippen MR) is 41.0 cm³/mol. The summed E-state index contributed by atoms with van der Waals surface area (Å²) in [6.07, 6.45) is -0.112. The van der Waals surface area contributed by atoms with E-state index in [9.17, 15) is 9.59 Å². The Morgan fingerprint density at radius 3 is 2.67 bits per heavy atom. The van der Waals surface area contributed by atoms with Crippen LogP contribution in [0, 0.1) is 0 Å². The number of primary amides is 1. The summed E-state index contributed by atoms with van der Waals surface area (Å²) in [4.78, 5) is 22.9. The lowest BCUT2D eigenvalue weighted by molar-refractivity contribution is -0.134. The van der Waals surface area contributed by atoms with Gasteiger partial charge >= 0.3 is 0 Å². The first kappa shape index (κ1) is 8.99. The summed E-state index contributed by atoms with van der Waals surface area (Å²) in [6.45, 7) is 0.847. The van der Waals surface area contributed by atoms with Gasteiger partial charge in [-0.15, -0.1) is 0 Å². The van der Waals surface area contributed by atoms with Crippen LogP contribution >= 0.6 is 0 Å². The molecule has 1 fully saturated rings. The number of amides is 2. The number of hydrogen-bond acceptors (Lipinski definition) is 3. The Hall–Kier alpha value is -1.10. The first-order valence-corrected chi connectivity index (χ1v) is 3.83. The highest BCUT2D eigenvalue weighted by molar-refractivity contribution is 5.96. The third-order valence-electron chi connectivity index (χ3n) is 1.84. The van der Waals surface area contributed by atoms with E-state index in [4.69, 9.17) is 10.8 Å². The summed E-state index contributed by atoms with van der Waals surface area (Å²) in [7, 11) is 0. The molecule has 1 saturated heterocycles. The van der Waals surface area contributed by atoms with E-state index in [1.807, 2.05) is 0 Å². The van der Waals surface area contributed by atoms with Crippen LogP contribution in [0.25, 0.3) is 0 Å². The molecule has 1 rings (SSSR count). The highest BCUT2D eigenvalue weighted by atomic mass is 16.3. The van der Waals surface area contributed by atoms with Crippen molar-refractivity contribution in [1.82, 2.24) is 4.90 Å². The molecule has 0 bridgehead atoms. The highest BCUT2D eigenvalue weighted by Crippen LogP contribution is 2.09. The number of rotatable bonds is 2. The molecule has 0 spiro atoms. The zero-order chi connectivity index (χ0) is 9.14. The van der Waals surface area contributed by atoms with E-state index in [2.05, 4.69) is 0 Å². The molecule has 5 heteroatoms. The number of aliphatic hydroxyl groups is 1. The van der Waals surface area contributed by atoms with Gasteiger partial charge < -0.3 is 15.7 Å². The average Bonchev–Trinajstić information content (AvgIpc) is 2.34. The highest BCUT2D eigenvalue weighted by Gasteiger charge is 2.24. The molecule has 12 heavy (non-hydrogen) atoms. The Balaban J connectivity index is 2.38. The van der Waals surface area contributed by atoms with Gasteiger partial charge in [0.15, 0.2) is 0 Å². The normalized spacial score (nSPS) is 22.8. The average molecular weight is 172 g/mol. The fourth-order valence-corrected chi connectivity index (χ4v) is 1.23. The molecular formula is C7H12N2O3. The van der Waals surface area contributed by atoms with Crippen molar-refractivity contribution in [2.45, 2.75) is 18.9 Å². The number of β-amino-alcohol motifs (C(OH)–C–C–N with tert-alkyl or cyclic N) is 1. The lowest BCUT2D eigenvalue weighted by Gasteiger charge is -2.13. The Bertz CT molecular complexity index is 205. The molecule has 1 heterocycles. The van der Waals surface area contributed by atoms with Gasteiger partial charge in [0.05, 0.1) is 6.10 Å². The van der Waals surface area contributed by atoms with Crippen LogP contribution in [-0.4, -0.2) is 41.0 Å². The number of carbonyl (C=O) groups is 2. The minimum absolute atomic E-state index is 0.257.